The van der Waals surface area contributed by atoms with Crippen molar-refractivity contribution in [3.8, 4) is 5.75 Å². The van der Waals surface area contributed by atoms with Crippen molar-refractivity contribution in [3.05, 3.63) is 114 Å². The summed E-state index contributed by atoms with van der Waals surface area (Å²) >= 11 is 0. The second-order valence-corrected chi connectivity index (χ2v) is 11.0. The summed E-state index contributed by atoms with van der Waals surface area (Å²) in [5.74, 6) is 1.05. The second-order valence-electron chi connectivity index (χ2n) is 11.0. The van der Waals surface area contributed by atoms with Gasteiger partial charge >= 0.3 is 6.09 Å². The van der Waals surface area contributed by atoms with Crippen molar-refractivity contribution in [2.24, 2.45) is 0 Å². The zero-order valence-electron chi connectivity index (χ0n) is 24.5. The number of fused-ring (bicyclic) bond motifs is 1. The maximum absolute atomic E-state index is 13.0. The highest BCUT2D eigenvalue weighted by atomic mass is 16.6. The van der Waals surface area contributed by atoms with Gasteiger partial charge in [0.1, 0.15) is 30.1 Å². The first-order valence-electron chi connectivity index (χ1n) is 13.8. The molecule has 1 aromatic heterocycles. The van der Waals surface area contributed by atoms with Crippen molar-refractivity contribution in [3.63, 3.8) is 0 Å². The lowest BCUT2D eigenvalue weighted by Gasteiger charge is -2.20. The van der Waals surface area contributed by atoms with Crippen LogP contribution in [0.2, 0.25) is 0 Å². The van der Waals surface area contributed by atoms with Gasteiger partial charge in [-0.05, 0) is 93.4 Å². The van der Waals surface area contributed by atoms with Crippen LogP contribution in [-0.4, -0.2) is 27.6 Å². The first kappa shape index (κ1) is 29.1. The number of rotatable bonds is 8. The minimum atomic E-state index is -0.641. The number of anilines is 4. The van der Waals surface area contributed by atoms with Gasteiger partial charge in [0.05, 0.1) is 16.9 Å². The van der Waals surface area contributed by atoms with Gasteiger partial charge in [0.25, 0.3) is 5.91 Å². The van der Waals surface area contributed by atoms with Gasteiger partial charge in [-0.15, -0.1) is 0 Å². The molecule has 0 saturated carbocycles. The fraction of sp³-hybridized carbons (Fsp3) is 0.176. The van der Waals surface area contributed by atoms with Gasteiger partial charge < -0.3 is 20.1 Å². The number of para-hydroxylation sites is 2. The molecule has 0 bridgehead atoms. The van der Waals surface area contributed by atoms with E-state index in [0.29, 0.717) is 35.1 Å². The van der Waals surface area contributed by atoms with E-state index in [1.54, 1.807) is 57.2 Å². The van der Waals surface area contributed by atoms with Crippen molar-refractivity contribution in [2.75, 3.05) is 16.0 Å². The van der Waals surface area contributed by atoms with Crippen molar-refractivity contribution < 1.29 is 19.1 Å². The number of hydrogen-bond donors (Lipinski definition) is 3. The van der Waals surface area contributed by atoms with E-state index in [9.17, 15) is 9.59 Å². The van der Waals surface area contributed by atoms with Gasteiger partial charge in [0.15, 0.2) is 0 Å². The molecule has 5 rings (SSSR count). The van der Waals surface area contributed by atoms with E-state index in [4.69, 9.17) is 9.47 Å². The highest BCUT2D eigenvalue weighted by molar-refractivity contribution is 6.06. The highest BCUT2D eigenvalue weighted by Crippen LogP contribution is 2.28. The molecule has 9 heteroatoms. The van der Waals surface area contributed by atoms with E-state index in [0.717, 1.165) is 27.7 Å². The minimum Gasteiger partial charge on any atom is -0.489 e. The molecule has 0 aliphatic carbocycles. The minimum absolute atomic E-state index is 0.310. The third-order valence-corrected chi connectivity index (χ3v) is 6.32. The summed E-state index contributed by atoms with van der Waals surface area (Å²) in [4.78, 5) is 34.0. The Labute approximate surface area is 250 Å². The summed E-state index contributed by atoms with van der Waals surface area (Å²) in [6, 6.07) is 27.9. The first-order valence-corrected chi connectivity index (χ1v) is 13.8. The van der Waals surface area contributed by atoms with Crippen LogP contribution in [0.25, 0.3) is 10.9 Å². The SMILES string of the molecule is Cc1cccc(Nc2ncnc3ccc(OCc4ccc(C(=O)Nc5ccccc5NC(=O)OC(C)(C)C)cc4)cc23)c1. The Balaban J connectivity index is 1.22. The summed E-state index contributed by atoms with van der Waals surface area (Å²) in [5, 5.41) is 9.76. The van der Waals surface area contributed by atoms with Gasteiger partial charge in [-0.25, -0.2) is 14.8 Å². The summed E-state index contributed by atoms with van der Waals surface area (Å²) in [6.45, 7) is 7.70. The molecule has 5 aromatic rings. The fourth-order valence-corrected chi connectivity index (χ4v) is 4.31. The summed E-state index contributed by atoms with van der Waals surface area (Å²) in [6.07, 6.45) is 0.936. The number of nitrogens with zero attached hydrogens (tertiary/aromatic N) is 2. The van der Waals surface area contributed by atoms with Crippen molar-refractivity contribution >= 4 is 45.8 Å². The number of nitrogens with one attached hydrogen (secondary N) is 3. The lowest BCUT2D eigenvalue weighted by Crippen LogP contribution is -2.27. The molecule has 4 aromatic carbocycles. The third-order valence-electron chi connectivity index (χ3n) is 6.32. The molecular formula is C34H33N5O4. The maximum atomic E-state index is 13.0. The van der Waals surface area contributed by atoms with Crippen LogP contribution in [0.3, 0.4) is 0 Å². The monoisotopic (exact) mass is 575 g/mol. The molecule has 9 nitrogen and oxygen atoms in total. The maximum Gasteiger partial charge on any atom is 0.412 e. The molecule has 0 saturated heterocycles. The molecule has 0 aliphatic rings. The lowest BCUT2D eigenvalue weighted by atomic mass is 10.1. The molecule has 43 heavy (non-hydrogen) atoms. The molecule has 1 heterocycles. The standard InChI is InChI=1S/C34H33N5O4/c1-22-8-7-9-25(18-22)37-31-27-19-26(16-17-28(27)35-21-36-31)42-20-23-12-14-24(15-13-23)32(40)38-29-10-5-6-11-30(29)39-33(41)43-34(2,3)4/h5-19,21H,20H2,1-4H3,(H,38,40)(H,39,41)(H,35,36,37). The van der Waals surface area contributed by atoms with Crippen molar-refractivity contribution in [2.45, 2.75) is 39.9 Å². The highest BCUT2D eigenvalue weighted by Gasteiger charge is 2.18. The van der Waals surface area contributed by atoms with Crippen molar-refractivity contribution in [1.82, 2.24) is 9.97 Å². The van der Waals surface area contributed by atoms with Gasteiger partial charge in [-0.2, -0.15) is 0 Å². The summed E-state index contributed by atoms with van der Waals surface area (Å²) in [5.41, 5.74) is 4.51. The van der Waals surface area contributed by atoms with E-state index in [1.807, 2.05) is 55.5 Å². The van der Waals surface area contributed by atoms with Crippen LogP contribution in [0.15, 0.2) is 97.3 Å². The molecule has 0 spiro atoms. The van der Waals surface area contributed by atoms with Gasteiger partial charge in [0, 0.05) is 16.6 Å². The van der Waals surface area contributed by atoms with Crippen LogP contribution in [-0.2, 0) is 11.3 Å². The van der Waals surface area contributed by atoms with Crippen LogP contribution in [0.5, 0.6) is 5.75 Å². The number of aromatic nitrogens is 2. The predicted molar refractivity (Wildman–Crippen MR) is 169 cm³/mol. The van der Waals surface area contributed by atoms with Crippen LogP contribution < -0.4 is 20.7 Å². The lowest BCUT2D eigenvalue weighted by molar-refractivity contribution is 0.0635. The number of carbonyl (C=O) groups is 2. The van der Waals surface area contributed by atoms with E-state index < -0.39 is 11.7 Å². The smallest absolute Gasteiger partial charge is 0.412 e. The van der Waals surface area contributed by atoms with Crippen LogP contribution in [0.4, 0.5) is 27.7 Å². The molecule has 2 amide bonds. The largest absolute Gasteiger partial charge is 0.489 e. The summed E-state index contributed by atoms with van der Waals surface area (Å²) < 4.78 is 11.4. The number of benzene rings is 4. The fourth-order valence-electron chi connectivity index (χ4n) is 4.31. The molecule has 0 atom stereocenters. The Morgan fingerprint density at radius 1 is 0.814 bits per heavy atom. The zero-order chi connectivity index (χ0) is 30.4. The Bertz CT molecular complexity index is 1760. The second kappa shape index (κ2) is 12.6. The Morgan fingerprint density at radius 2 is 1.56 bits per heavy atom. The third kappa shape index (κ3) is 7.85. The normalized spacial score (nSPS) is 11.1. The topological polar surface area (TPSA) is 114 Å². The predicted octanol–water partition coefficient (Wildman–Crippen LogP) is 7.86. The average molecular weight is 576 g/mol. The van der Waals surface area contributed by atoms with E-state index in [2.05, 4.69) is 32.0 Å². The molecule has 0 unspecified atom stereocenters. The zero-order valence-corrected chi connectivity index (χ0v) is 24.5. The quantitative estimate of drug-likeness (QED) is 0.173. The van der Waals surface area contributed by atoms with Crippen molar-refractivity contribution in [1.29, 1.82) is 0 Å². The first-order chi connectivity index (χ1) is 20.6. The Kier molecular flexibility index (Phi) is 8.52. The molecular weight excluding hydrogens is 542 g/mol. The molecule has 218 valence electrons. The average Bonchev–Trinajstić information content (AvgIpc) is 2.96. The molecule has 3 N–H and O–H groups in total. The van der Waals surface area contributed by atoms with E-state index >= 15 is 0 Å². The van der Waals surface area contributed by atoms with E-state index in [1.165, 1.54) is 6.33 Å². The molecule has 0 fully saturated rings. The summed E-state index contributed by atoms with van der Waals surface area (Å²) in [7, 11) is 0. The number of carbonyl (C=O) groups excluding carboxylic acids is 2. The number of amides is 2. The molecule has 0 aliphatic heterocycles. The number of ether oxygens (including phenoxy) is 2. The molecule has 0 radical (unpaired) electrons. The van der Waals surface area contributed by atoms with Gasteiger partial charge in [-0.1, -0.05) is 36.4 Å². The van der Waals surface area contributed by atoms with Gasteiger partial charge in [-0.3, -0.25) is 10.1 Å². The Morgan fingerprint density at radius 3 is 2.28 bits per heavy atom. The van der Waals surface area contributed by atoms with Crippen LogP contribution in [0.1, 0.15) is 42.3 Å². The number of hydrogen-bond acceptors (Lipinski definition) is 7. The van der Waals surface area contributed by atoms with E-state index in [-0.39, 0.29) is 5.91 Å². The van der Waals surface area contributed by atoms with Crippen LogP contribution >= 0.6 is 0 Å². The van der Waals surface area contributed by atoms with Gasteiger partial charge in [0.2, 0.25) is 0 Å². The number of aryl methyl sites for hydroxylation is 1. The Hall–Kier alpha value is -5.44. The van der Waals surface area contributed by atoms with Crippen LogP contribution in [0, 0.1) is 6.92 Å².